The Bertz CT molecular complexity index is 468. The molecule has 0 unspecified atom stereocenters. The third-order valence-corrected chi connectivity index (χ3v) is 4.29. The predicted octanol–water partition coefficient (Wildman–Crippen LogP) is 3.28. The van der Waals surface area contributed by atoms with Gasteiger partial charge in [0, 0.05) is 6.04 Å². The maximum Gasteiger partial charge on any atom is 0.189 e. The molecular formula is C15H22BrN3O. The number of phenolic OH excluding ortho intramolecular Hbond substituents is 1. The fraction of sp³-hybridized carbons (Fsp3) is 0.533. The Kier molecular flexibility index (Phi) is 5.71. The Balaban J connectivity index is 1.87. The average molecular weight is 340 g/mol. The number of hydrogen-bond acceptors (Lipinski definition) is 2. The van der Waals surface area contributed by atoms with E-state index in [2.05, 4.69) is 26.2 Å². The minimum absolute atomic E-state index is 0.238. The zero-order chi connectivity index (χ0) is 14.4. The molecule has 1 aromatic rings. The van der Waals surface area contributed by atoms with Crippen LogP contribution in [0.15, 0.2) is 27.7 Å². The molecule has 1 aliphatic rings. The molecule has 1 aliphatic carbocycles. The first-order chi connectivity index (χ1) is 9.65. The number of aliphatic imine (C=N–C) groups is 1. The van der Waals surface area contributed by atoms with Gasteiger partial charge in [-0.3, -0.25) is 0 Å². The van der Waals surface area contributed by atoms with Gasteiger partial charge in [-0.1, -0.05) is 31.7 Å². The standard InChI is InChI=1S/C15H22BrN3O/c16-13-9-11(7-8-14(13)20)10-18-15(17)19-12-5-3-1-2-4-6-12/h7-9,12,20H,1-6,10H2,(H3,17,18,19). The van der Waals surface area contributed by atoms with Crippen molar-refractivity contribution in [1.82, 2.24) is 5.32 Å². The van der Waals surface area contributed by atoms with Crippen LogP contribution >= 0.6 is 15.9 Å². The SMILES string of the molecule is NC(=NCc1ccc(O)c(Br)c1)NC1CCCCCC1. The number of aromatic hydroxyl groups is 1. The summed E-state index contributed by atoms with van der Waals surface area (Å²) in [6, 6.07) is 5.83. The Morgan fingerprint density at radius 1 is 1.30 bits per heavy atom. The zero-order valence-electron chi connectivity index (χ0n) is 11.6. The van der Waals surface area contributed by atoms with E-state index in [4.69, 9.17) is 5.73 Å². The van der Waals surface area contributed by atoms with E-state index >= 15 is 0 Å². The Hall–Kier alpha value is -1.23. The van der Waals surface area contributed by atoms with Gasteiger partial charge in [0.25, 0.3) is 0 Å². The van der Waals surface area contributed by atoms with Crippen molar-refractivity contribution >= 4 is 21.9 Å². The number of nitrogens with one attached hydrogen (secondary N) is 1. The quantitative estimate of drug-likeness (QED) is 0.449. The average Bonchev–Trinajstić information content (AvgIpc) is 2.69. The lowest BCUT2D eigenvalue weighted by Crippen LogP contribution is -2.39. The third kappa shape index (κ3) is 4.71. The summed E-state index contributed by atoms with van der Waals surface area (Å²) >= 11 is 3.30. The topological polar surface area (TPSA) is 70.6 Å². The molecule has 0 heterocycles. The summed E-state index contributed by atoms with van der Waals surface area (Å²) in [4.78, 5) is 4.37. The van der Waals surface area contributed by atoms with Crippen LogP contribution < -0.4 is 11.1 Å². The maximum atomic E-state index is 9.44. The maximum absolute atomic E-state index is 9.44. The molecule has 4 N–H and O–H groups in total. The molecule has 0 radical (unpaired) electrons. The van der Waals surface area contributed by atoms with Crippen LogP contribution in [0, 0.1) is 0 Å². The number of hydrogen-bond donors (Lipinski definition) is 3. The van der Waals surface area contributed by atoms with Crippen molar-refractivity contribution in [3.05, 3.63) is 28.2 Å². The molecule has 1 aromatic carbocycles. The van der Waals surface area contributed by atoms with Crippen LogP contribution in [0.5, 0.6) is 5.75 Å². The van der Waals surface area contributed by atoms with Crippen molar-refractivity contribution < 1.29 is 5.11 Å². The third-order valence-electron chi connectivity index (χ3n) is 3.65. The van der Waals surface area contributed by atoms with E-state index in [1.165, 1.54) is 38.5 Å². The van der Waals surface area contributed by atoms with Gasteiger partial charge in [0.1, 0.15) is 5.75 Å². The summed E-state index contributed by atoms with van der Waals surface area (Å²) in [7, 11) is 0. The van der Waals surface area contributed by atoms with Crippen molar-refractivity contribution in [1.29, 1.82) is 0 Å². The summed E-state index contributed by atoms with van der Waals surface area (Å²) in [5.41, 5.74) is 6.96. The highest BCUT2D eigenvalue weighted by Gasteiger charge is 2.12. The monoisotopic (exact) mass is 339 g/mol. The lowest BCUT2D eigenvalue weighted by molar-refractivity contribution is 0.471. The van der Waals surface area contributed by atoms with E-state index in [-0.39, 0.29) is 5.75 Å². The largest absolute Gasteiger partial charge is 0.507 e. The van der Waals surface area contributed by atoms with Crippen LogP contribution in [0.1, 0.15) is 44.1 Å². The van der Waals surface area contributed by atoms with Gasteiger partial charge >= 0.3 is 0 Å². The van der Waals surface area contributed by atoms with Crippen molar-refractivity contribution in [2.75, 3.05) is 0 Å². The molecule has 0 amide bonds. The number of rotatable bonds is 3. The molecule has 4 nitrogen and oxygen atoms in total. The predicted molar refractivity (Wildman–Crippen MR) is 85.8 cm³/mol. The summed E-state index contributed by atoms with van der Waals surface area (Å²) < 4.78 is 0.681. The zero-order valence-corrected chi connectivity index (χ0v) is 13.2. The summed E-state index contributed by atoms with van der Waals surface area (Å²) in [6.45, 7) is 0.518. The fourth-order valence-electron chi connectivity index (χ4n) is 2.50. The highest BCUT2D eigenvalue weighted by atomic mass is 79.9. The van der Waals surface area contributed by atoms with Crippen molar-refractivity contribution in [3.63, 3.8) is 0 Å². The van der Waals surface area contributed by atoms with Crippen LogP contribution in [0.3, 0.4) is 0 Å². The lowest BCUT2D eigenvalue weighted by Gasteiger charge is -2.16. The molecule has 0 bridgehead atoms. The second-order valence-corrected chi connectivity index (χ2v) is 6.17. The number of nitrogens with two attached hydrogens (primary N) is 1. The molecule has 0 atom stereocenters. The number of nitrogens with zero attached hydrogens (tertiary/aromatic N) is 1. The van der Waals surface area contributed by atoms with Crippen LogP contribution in [0.25, 0.3) is 0 Å². The van der Waals surface area contributed by atoms with Gasteiger partial charge in [0.05, 0.1) is 11.0 Å². The highest BCUT2D eigenvalue weighted by molar-refractivity contribution is 9.10. The highest BCUT2D eigenvalue weighted by Crippen LogP contribution is 2.24. The lowest BCUT2D eigenvalue weighted by atomic mass is 10.1. The van der Waals surface area contributed by atoms with Crippen molar-refractivity contribution in [2.45, 2.75) is 51.1 Å². The molecule has 0 aromatic heterocycles. The smallest absolute Gasteiger partial charge is 0.189 e. The summed E-state index contributed by atoms with van der Waals surface area (Å²) in [6.07, 6.45) is 7.57. The molecular weight excluding hydrogens is 318 g/mol. The minimum atomic E-state index is 0.238. The molecule has 0 saturated heterocycles. The molecule has 0 spiro atoms. The van der Waals surface area contributed by atoms with Crippen molar-refractivity contribution in [2.24, 2.45) is 10.7 Å². The van der Waals surface area contributed by atoms with Gasteiger partial charge < -0.3 is 16.2 Å². The molecule has 5 heteroatoms. The fourth-order valence-corrected chi connectivity index (χ4v) is 2.93. The minimum Gasteiger partial charge on any atom is -0.507 e. The summed E-state index contributed by atoms with van der Waals surface area (Å²) in [5, 5.41) is 12.8. The molecule has 1 fully saturated rings. The summed E-state index contributed by atoms with van der Waals surface area (Å²) in [5.74, 6) is 0.753. The number of halogens is 1. The van der Waals surface area contributed by atoms with Crippen LogP contribution in [-0.2, 0) is 6.54 Å². The van der Waals surface area contributed by atoms with Gasteiger partial charge in [-0.25, -0.2) is 4.99 Å². The van der Waals surface area contributed by atoms with E-state index < -0.39 is 0 Å². The van der Waals surface area contributed by atoms with Gasteiger partial charge in [-0.05, 0) is 46.5 Å². The first-order valence-corrected chi connectivity index (χ1v) is 7.98. The Morgan fingerprint density at radius 2 is 2.00 bits per heavy atom. The van der Waals surface area contributed by atoms with Gasteiger partial charge in [-0.15, -0.1) is 0 Å². The number of guanidine groups is 1. The molecule has 0 aliphatic heterocycles. The van der Waals surface area contributed by atoms with Gasteiger partial charge in [0.2, 0.25) is 0 Å². The van der Waals surface area contributed by atoms with Crippen LogP contribution in [0.2, 0.25) is 0 Å². The van der Waals surface area contributed by atoms with E-state index in [0.717, 1.165) is 5.56 Å². The Labute approximate surface area is 128 Å². The van der Waals surface area contributed by atoms with E-state index in [1.807, 2.05) is 12.1 Å². The normalized spacial score (nSPS) is 17.8. The number of phenols is 1. The second kappa shape index (κ2) is 7.53. The Morgan fingerprint density at radius 3 is 2.65 bits per heavy atom. The molecule has 2 rings (SSSR count). The van der Waals surface area contributed by atoms with Crippen molar-refractivity contribution in [3.8, 4) is 5.75 Å². The second-order valence-electron chi connectivity index (χ2n) is 5.32. The van der Waals surface area contributed by atoms with E-state index in [1.54, 1.807) is 6.07 Å². The first-order valence-electron chi connectivity index (χ1n) is 7.19. The first kappa shape index (κ1) is 15.2. The molecule has 1 saturated carbocycles. The molecule has 20 heavy (non-hydrogen) atoms. The van der Waals surface area contributed by atoms with E-state index in [0.29, 0.717) is 23.0 Å². The molecule has 110 valence electrons. The van der Waals surface area contributed by atoms with Gasteiger partial charge in [-0.2, -0.15) is 0 Å². The number of benzene rings is 1. The van der Waals surface area contributed by atoms with Gasteiger partial charge in [0.15, 0.2) is 5.96 Å². The van der Waals surface area contributed by atoms with E-state index in [9.17, 15) is 5.11 Å². The van der Waals surface area contributed by atoms with Crippen LogP contribution in [-0.4, -0.2) is 17.1 Å². The van der Waals surface area contributed by atoms with Crippen LogP contribution in [0.4, 0.5) is 0 Å².